The lowest BCUT2D eigenvalue weighted by atomic mass is 9.61. The number of methoxy groups -OCH3 is 1. The Morgan fingerprint density at radius 3 is 2.60 bits per heavy atom. The lowest BCUT2D eigenvalue weighted by Gasteiger charge is -2.44. The molecule has 168 valence electrons. The van der Waals surface area contributed by atoms with Crippen LogP contribution in [-0.2, 0) is 4.74 Å². The van der Waals surface area contributed by atoms with E-state index in [1.54, 1.807) is 5.57 Å². The zero-order valence-electron chi connectivity index (χ0n) is 20.2. The third kappa shape index (κ3) is 3.77. The maximum atomic E-state index is 10.3. The second-order valence-corrected chi connectivity index (χ2v) is 11.8. The molecule has 0 aliphatic heterocycles. The highest BCUT2D eigenvalue weighted by Gasteiger charge is 2.59. The molecule has 0 aromatic carbocycles. The Morgan fingerprint density at radius 1 is 1.23 bits per heavy atom. The first-order valence-corrected chi connectivity index (χ1v) is 12.4. The minimum Gasteiger partial charge on any atom is -0.390 e. The molecule has 3 saturated carbocycles. The third-order valence-corrected chi connectivity index (χ3v) is 9.69. The number of fused-ring (bicyclic) bond motifs is 2. The summed E-state index contributed by atoms with van der Waals surface area (Å²) in [6.07, 6.45) is 21.5. The van der Waals surface area contributed by atoms with Crippen LogP contribution in [0.3, 0.4) is 0 Å². The summed E-state index contributed by atoms with van der Waals surface area (Å²) >= 11 is 0. The van der Waals surface area contributed by atoms with Crippen LogP contribution >= 0.6 is 0 Å². The fourth-order valence-electron chi connectivity index (χ4n) is 7.26. The van der Waals surface area contributed by atoms with E-state index in [0.29, 0.717) is 16.7 Å². The van der Waals surface area contributed by atoms with Crippen LogP contribution in [0, 0.1) is 40.4 Å². The van der Waals surface area contributed by atoms with E-state index in [4.69, 9.17) is 4.74 Å². The van der Waals surface area contributed by atoms with Gasteiger partial charge in [0.2, 0.25) is 0 Å². The van der Waals surface area contributed by atoms with Gasteiger partial charge in [-0.2, -0.15) is 0 Å². The number of rotatable bonds is 7. The zero-order valence-corrected chi connectivity index (χ0v) is 20.2. The molecule has 0 amide bonds. The number of ether oxygens (including phenoxy) is 1. The van der Waals surface area contributed by atoms with Crippen molar-refractivity contribution in [2.75, 3.05) is 7.11 Å². The Morgan fingerprint density at radius 2 is 2.00 bits per heavy atom. The quantitative estimate of drug-likeness (QED) is 0.471. The van der Waals surface area contributed by atoms with Crippen LogP contribution in [0.25, 0.3) is 0 Å². The molecule has 0 radical (unpaired) electrons. The standard InChI is InChI=1S/C28H44O2/c1-19(11-12-20(2)26(3,4)29)23-13-14-24-21(9-7-15-27(23,24)5)17-25(30-6)28-16-8-10-22(28)18-28/h8,11-12,16-17,19-20,22-25,29H,7,9-10,13-15,18H2,1-6H3/b12-11+,21-17+/t19-,20+,22-,23-,24+,25-,27-,28+/m1/s1. The Hall–Kier alpha value is -0.860. The second kappa shape index (κ2) is 7.93. The highest BCUT2D eigenvalue weighted by molar-refractivity contribution is 5.31. The van der Waals surface area contributed by atoms with Gasteiger partial charge in [0.25, 0.3) is 0 Å². The Labute approximate surface area is 184 Å². The Balaban J connectivity index is 1.50. The van der Waals surface area contributed by atoms with Gasteiger partial charge in [0.1, 0.15) is 0 Å². The Kier molecular flexibility index (Phi) is 5.90. The summed E-state index contributed by atoms with van der Waals surface area (Å²) in [6, 6.07) is 0. The van der Waals surface area contributed by atoms with Gasteiger partial charge in [-0.05, 0) is 87.9 Å². The van der Waals surface area contributed by atoms with Crippen LogP contribution in [0.2, 0.25) is 0 Å². The lowest BCUT2D eigenvalue weighted by molar-refractivity contribution is 0.0436. The second-order valence-electron chi connectivity index (χ2n) is 11.8. The number of hydrogen-bond donors (Lipinski definition) is 1. The van der Waals surface area contributed by atoms with Gasteiger partial charge >= 0.3 is 0 Å². The average Bonchev–Trinajstić information content (AvgIpc) is 3.05. The van der Waals surface area contributed by atoms with E-state index >= 15 is 0 Å². The molecule has 3 fully saturated rings. The molecule has 2 nitrogen and oxygen atoms in total. The van der Waals surface area contributed by atoms with Crippen molar-refractivity contribution >= 4 is 0 Å². The van der Waals surface area contributed by atoms with Crippen molar-refractivity contribution in [3.05, 3.63) is 36.0 Å². The molecule has 0 bridgehead atoms. The molecule has 4 rings (SSSR count). The molecule has 0 spiro atoms. The van der Waals surface area contributed by atoms with Gasteiger partial charge in [-0.3, -0.25) is 0 Å². The summed E-state index contributed by atoms with van der Waals surface area (Å²) in [4.78, 5) is 0. The lowest BCUT2D eigenvalue weighted by Crippen LogP contribution is -2.36. The summed E-state index contributed by atoms with van der Waals surface area (Å²) < 4.78 is 6.07. The zero-order chi connectivity index (χ0) is 21.7. The molecule has 0 unspecified atom stereocenters. The molecule has 1 N–H and O–H groups in total. The first kappa shape index (κ1) is 22.3. The van der Waals surface area contributed by atoms with Crippen LogP contribution in [0.1, 0.15) is 79.6 Å². The minimum atomic E-state index is -0.650. The normalized spacial score (nSPS) is 42.4. The van der Waals surface area contributed by atoms with E-state index < -0.39 is 5.60 Å². The van der Waals surface area contributed by atoms with Gasteiger partial charge < -0.3 is 9.84 Å². The predicted molar refractivity (Wildman–Crippen MR) is 125 cm³/mol. The fourth-order valence-corrected chi connectivity index (χ4v) is 7.26. The summed E-state index contributed by atoms with van der Waals surface area (Å²) in [5, 5.41) is 10.3. The van der Waals surface area contributed by atoms with Crippen LogP contribution in [0.5, 0.6) is 0 Å². The first-order valence-electron chi connectivity index (χ1n) is 12.4. The molecule has 2 heteroatoms. The van der Waals surface area contributed by atoms with Gasteiger partial charge in [0, 0.05) is 18.4 Å². The summed E-state index contributed by atoms with van der Waals surface area (Å²) in [5.41, 5.74) is 1.76. The van der Waals surface area contributed by atoms with E-state index in [1.807, 2.05) is 21.0 Å². The third-order valence-electron chi connectivity index (χ3n) is 9.69. The molecule has 4 aliphatic carbocycles. The molecule has 4 aliphatic rings. The van der Waals surface area contributed by atoms with Crippen LogP contribution in [0.4, 0.5) is 0 Å². The van der Waals surface area contributed by atoms with Crippen LogP contribution in [0.15, 0.2) is 36.0 Å². The van der Waals surface area contributed by atoms with E-state index in [2.05, 4.69) is 51.2 Å². The van der Waals surface area contributed by atoms with E-state index in [1.165, 1.54) is 44.9 Å². The predicted octanol–water partition coefficient (Wildman–Crippen LogP) is 6.71. The maximum absolute atomic E-state index is 10.3. The van der Waals surface area contributed by atoms with Gasteiger partial charge in [0.05, 0.1) is 11.7 Å². The molecule has 0 saturated heterocycles. The monoisotopic (exact) mass is 412 g/mol. The van der Waals surface area contributed by atoms with E-state index in [9.17, 15) is 5.11 Å². The minimum absolute atomic E-state index is 0.180. The number of allylic oxidation sites excluding steroid dienone is 3. The topological polar surface area (TPSA) is 29.5 Å². The molecular formula is C28H44O2. The number of aliphatic hydroxyl groups is 1. The van der Waals surface area contributed by atoms with Crippen molar-refractivity contribution in [1.82, 2.24) is 0 Å². The highest BCUT2D eigenvalue weighted by atomic mass is 16.5. The SMILES string of the molecule is CO[C@H](/C=C1\CCC[C@]2(C)[C@@H]([C@H](C)/C=C/[C@H](C)C(C)(C)O)CC[C@@H]12)[C@]12C=CC[C@@H]1C2. The van der Waals surface area contributed by atoms with Gasteiger partial charge in [0.15, 0.2) is 0 Å². The van der Waals surface area contributed by atoms with Crippen LogP contribution in [-0.4, -0.2) is 23.9 Å². The molecular weight excluding hydrogens is 368 g/mol. The smallest absolute Gasteiger partial charge is 0.0848 e. The van der Waals surface area contributed by atoms with Crippen molar-refractivity contribution in [2.24, 2.45) is 40.4 Å². The fraction of sp³-hybridized carbons (Fsp3) is 0.786. The number of hydrogen-bond acceptors (Lipinski definition) is 2. The summed E-state index contributed by atoms with van der Waals surface area (Å²) in [5.74, 6) is 3.02. The van der Waals surface area contributed by atoms with E-state index in [0.717, 1.165) is 17.8 Å². The maximum Gasteiger partial charge on any atom is 0.0848 e. The molecule has 0 aromatic rings. The highest BCUT2D eigenvalue weighted by Crippen LogP contribution is 2.64. The first-order chi connectivity index (χ1) is 14.1. The average molecular weight is 413 g/mol. The van der Waals surface area contributed by atoms with Crippen molar-refractivity contribution in [1.29, 1.82) is 0 Å². The van der Waals surface area contributed by atoms with Crippen molar-refractivity contribution in [2.45, 2.75) is 91.3 Å². The molecule has 0 aromatic heterocycles. The Bertz CT molecular complexity index is 725. The summed E-state index contributed by atoms with van der Waals surface area (Å²) in [7, 11) is 1.91. The largest absolute Gasteiger partial charge is 0.390 e. The molecule has 30 heavy (non-hydrogen) atoms. The van der Waals surface area contributed by atoms with Crippen molar-refractivity contribution in [3.63, 3.8) is 0 Å². The van der Waals surface area contributed by atoms with Gasteiger partial charge in [-0.1, -0.05) is 56.7 Å². The molecule has 0 heterocycles. The van der Waals surface area contributed by atoms with Gasteiger partial charge in [-0.15, -0.1) is 0 Å². The van der Waals surface area contributed by atoms with E-state index in [-0.39, 0.29) is 12.0 Å². The summed E-state index contributed by atoms with van der Waals surface area (Å²) in [6.45, 7) is 10.9. The molecule has 8 atom stereocenters. The van der Waals surface area contributed by atoms with Crippen molar-refractivity contribution in [3.8, 4) is 0 Å². The van der Waals surface area contributed by atoms with Crippen LogP contribution < -0.4 is 0 Å². The van der Waals surface area contributed by atoms with Gasteiger partial charge in [-0.25, -0.2) is 0 Å². The van der Waals surface area contributed by atoms with Crippen molar-refractivity contribution < 1.29 is 9.84 Å².